The molecule has 0 aliphatic heterocycles. The van der Waals surface area contributed by atoms with Gasteiger partial charge in [0.1, 0.15) is 0 Å². The summed E-state index contributed by atoms with van der Waals surface area (Å²) in [7, 11) is -5.93. The van der Waals surface area contributed by atoms with Crippen molar-refractivity contribution in [1.82, 2.24) is 0 Å². The zero-order valence-corrected chi connectivity index (χ0v) is 22.7. The highest BCUT2D eigenvalue weighted by Gasteiger charge is 2.49. The topological polar surface area (TPSA) is 43.4 Å². The van der Waals surface area contributed by atoms with E-state index >= 15 is 0 Å². The van der Waals surface area contributed by atoms with Crippen molar-refractivity contribution >= 4 is 53.2 Å². The molecule has 0 heterocycles. The van der Waals surface area contributed by atoms with E-state index in [4.69, 9.17) is 4.18 Å². The van der Waals surface area contributed by atoms with Crippen LogP contribution in [-0.4, -0.2) is 13.9 Å². The second-order valence-corrected chi connectivity index (χ2v) is 11.6. The molecular weight excluding hydrogens is 557 g/mol. The average molecular weight is 579 g/mol. The third-order valence-electron chi connectivity index (χ3n) is 7.59. The van der Waals surface area contributed by atoms with Crippen molar-refractivity contribution in [3.8, 4) is 28.0 Å². The molecule has 7 aromatic carbocycles. The van der Waals surface area contributed by atoms with Crippen LogP contribution >= 0.6 is 0 Å². The predicted octanol–water partition coefficient (Wildman–Crippen LogP) is 9.86. The molecule has 0 unspecified atom stereocenters. The smallest absolute Gasteiger partial charge is 0.375 e. The van der Waals surface area contributed by atoms with Crippen LogP contribution in [0.15, 0.2) is 127 Å². The van der Waals surface area contributed by atoms with Gasteiger partial charge in [-0.2, -0.15) is 21.6 Å². The van der Waals surface area contributed by atoms with E-state index < -0.39 is 15.6 Å². The van der Waals surface area contributed by atoms with Gasteiger partial charge >= 0.3 is 15.6 Å². The average Bonchev–Trinajstić information content (AvgIpc) is 2.99. The number of hydrogen-bond acceptors (Lipinski definition) is 3. The maximum Gasteiger partial charge on any atom is 0.534 e. The fourth-order valence-electron chi connectivity index (χ4n) is 5.80. The molecule has 0 fully saturated rings. The van der Waals surface area contributed by atoms with E-state index in [0.29, 0.717) is 10.9 Å². The standard InChI is InChI=1S/C35H21F3O3S/c36-35(37,38)42(39,40)41-32-21-24-12-2-1-11-23(24)20-31(32)34-29-17-7-5-15-27(29)33(28-16-6-8-18-30(28)34)26-19-9-13-22-10-3-4-14-25(22)26/h1-21H. The lowest BCUT2D eigenvalue weighted by molar-refractivity contribution is -0.0499. The minimum absolute atomic E-state index is 0.249. The van der Waals surface area contributed by atoms with E-state index in [9.17, 15) is 21.6 Å². The number of alkyl halides is 3. The molecule has 0 aliphatic rings. The van der Waals surface area contributed by atoms with Gasteiger partial charge in [0.05, 0.1) is 0 Å². The SMILES string of the molecule is O=S(=O)(Oc1cc2ccccc2cc1-c1c2ccccc2c(-c2cccc3ccccc23)c2ccccc12)C(F)(F)F. The molecule has 0 spiro atoms. The Morgan fingerprint density at radius 3 is 1.45 bits per heavy atom. The van der Waals surface area contributed by atoms with Gasteiger partial charge in [0.25, 0.3) is 0 Å². The highest BCUT2D eigenvalue weighted by Crippen LogP contribution is 2.48. The number of benzene rings is 7. The van der Waals surface area contributed by atoms with Gasteiger partial charge in [-0.15, -0.1) is 0 Å². The monoisotopic (exact) mass is 578 g/mol. The molecule has 7 aromatic rings. The Labute approximate surface area is 239 Å². The Morgan fingerprint density at radius 1 is 0.476 bits per heavy atom. The van der Waals surface area contributed by atoms with Crippen LogP contribution < -0.4 is 4.18 Å². The van der Waals surface area contributed by atoms with Gasteiger partial charge in [-0.25, -0.2) is 0 Å². The quantitative estimate of drug-likeness (QED) is 0.119. The summed E-state index contributed by atoms with van der Waals surface area (Å²) in [5, 5.41) is 6.68. The Morgan fingerprint density at radius 2 is 0.905 bits per heavy atom. The Bertz CT molecular complexity index is 2230. The fraction of sp³-hybridized carbons (Fsp3) is 0.0286. The first kappa shape index (κ1) is 26.0. The maximum absolute atomic E-state index is 13.5. The lowest BCUT2D eigenvalue weighted by Crippen LogP contribution is -2.28. The largest absolute Gasteiger partial charge is 0.534 e. The molecule has 0 aliphatic carbocycles. The highest BCUT2D eigenvalue weighted by molar-refractivity contribution is 7.88. The van der Waals surface area contributed by atoms with Crippen LogP contribution in [0, 0.1) is 0 Å². The number of hydrogen-bond donors (Lipinski definition) is 0. The van der Waals surface area contributed by atoms with Crippen LogP contribution in [0.1, 0.15) is 0 Å². The van der Waals surface area contributed by atoms with Gasteiger partial charge in [-0.3, -0.25) is 0 Å². The Balaban J connectivity index is 1.63. The van der Waals surface area contributed by atoms with Crippen molar-refractivity contribution < 1.29 is 25.8 Å². The van der Waals surface area contributed by atoms with E-state index in [1.54, 1.807) is 18.2 Å². The Hall–Kier alpha value is -4.88. The van der Waals surface area contributed by atoms with Crippen molar-refractivity contribution in [2.24, 2.45) is 0 Å². The molecule has 7 rings (SSSR count). The minimum atomic E-state index is -5.93. The Kier molecular flexibility index (Phi) is 5.95. The normalized spacial score (nSPS) is 12.4. The van der Waals surface area contributed by atoms with Gasteiger partial charge in [0.2, 0.25) is 0 Å². The molecule has 206 valence electrons. The van der Waals surface area contributed by atoms with E-state index in [1.807, 2.05) is 78.9 Å². The zero-order valence-electron chi connectivity index (χ0n) is 21.9. The first-order chi connectivity index (χ1) is 20.2. The van der Waals surface area contributed by atoms with Crippen molar-refractivity contribution in [1.29, 1.82) is 0 Å². The molecule has 42 heavy (non-hydrogen) atoms. The summed E-state index contributed by atoms with van der Waals surface area (Å²) in [4.78, 5) is 0. The molecule has 7 heteroatoms. The van der Waals surface area contributed by atoms with Crippen LogP contribution in [0.5, 0.6) is 5.75 Å². The first-order valence-electron chi connectivity index (χ1n) is 13.2. The summed E-state index contributed by atoms with van der Waals surface area (Å²) in [5.41, 5.74) is -2.76. The van der Waals surface area contributed by atoms with Gasteiger partial charge in [-0.05, 0) is 66.3 Å². The summed E-state index contributed by atoms with van der Waals surface area (Å²) < 4.78 is 70.0. The van der Waals surface area contributed by atoms with Gasteiger partial charge < -0.3 is 4.18 Å². The maximum atomic E-state index is 13.5. The second-order valence-electron chi connectivity index (χ2n) is 10.0. The number of fused-ring (bicyclic) bond motifs is 4. The third kappa shape index (κ3) is 4.16. The van der Waals surface area contributed by atoms with Gasteiger partial charge in [0, 0.05) is 11.1 Å². The van der Waals surface area contributed by atoms with Crippen LogP contribution in [0.4, 0.5) is 13.2 Å². The molecule has 0 N–H and O–H groups in total. The van der Waals surface area contributed by atoms with Crippen molar-refractivity contribution in [2.75, 3.05) is 0 Å². The fourth-order valence-corrected chi connectivity index (χ4v) is 6.27. The lowest BCUT2D eigenvalue weighted by Gasteiger charge is -2.21. The van der Waals surface area contributed by atoms with E-state index in [-0.39, 0.29) is 11.3 Å². The molecule has 0 radical (unpaired) electrons. The summed E-state index contributed by atoms with van der Waals surface area (Å²) in [6.07, 6.45) is 0. The van der Waals surface area contributed by atoms with E-state index in [1.165, 1.54) is 6.07 Å². The summed E-state index contributed by atoms with van der Waals surface area (Å²) in [6, 6.07) is 39.7. The molecular formula is C35H21F3O3S. The first-order valence-corrected chi connectivity index (χ1v) is 14.6. The van der Waals surface area contributed by atoms with Crippen LogP contribution in [0.2, 0.25) is 0 Å². The summed E-state index contributed by atoms with van der Waals surface area (Å²) in [5.74, 6) is -0.390. The molecule has 0 saturated carbocycles. The van der Waals surface area contributed by atoms with E-state index in [0.717, 1.165) is 48.8 Å². The third-order valence-corrected chi connectivity index (χ3v) is 8.56. The van der Waals surface area contributed by atoms with Crippen LogP contribution in [0.3, 0.4) is 0 Å². The predicted molar refractivity (Wildman–Crippen MR) is 163 cm³/mol. The molecule has 0 bridgehead atoms. The van der Waals surface area contributed by atoms with Crippen molar-refractivity contribution in [3.05, 3.63) is 127 Å². The number of rotatable bonds is 4. The highest BCUT2D eigenvalue weighted by atomic mass is 32.2. The molecule has 0 saturated heterocycles. The van der Waals surface area contributed by atoms with E-state index in [2.05, 4.69) is 24.3 Å². The van der Waals surface area contributed by atoms with Gasteiger partial charge in [0.15, 0.2) is 5.75 Å². The van der Waals surface area contributed by atoms with Crippen molar-refractivity contribution in [3.63, 3.8) is 0 Å². The summed E-state index contributed by atoms with van der Waals surface area (Å²) in [6.45, 7) is 0. The van der Waals surface area contributed by atoms with Crippen LogP contribution in [0.25, 0.3) is 65.3 Å². The zero-order chi connectivity index (χ0) is 29.1. The summed E-state index contributed by atoms with van der Waals surface area (Å²) >= 11 is 0. The van der Waals surface area contributed by atoms with Gasteiger partial charge in [-0.1, -0.05) is 115 Å². The lowest BCUT2D eigenvalue weighted by atomic mass is 9.84. The minimum Gasteiger partial charge on any atom is -0.375 e. The van der Waals surface area contributed by atoms with Crippen LogP contribution in [-0.2, 0) is 10.1 Å². The molecule has 3 nitrogen and oxygen atoms in total. The second kappa shape index (κ2) is 9.60. The molecule has 0 amide bonds. The van der Waals surface area contributed by atoms with Crippen molar-refractivity contribution in [2.45, 2.75) is 5.51 Å². The number of halogens is 3. The molecule has 0 aromatic heterocycles. The molecule has 0 atom stereocenters.